The maximum atomic E-state index is 13.0. The van der Waals surface area contributed by atoms with Crippen LogP contribution in [-0.2, 0) is 37.9 Å². The summed E-state index contributed by atoms with van der Waals surface area (Å²) in [5.41, 5.74) is -2.40. The van der Waals surface area contributed by atoms with Gasteiger partial charge in [-0.2, -0.15) is 0 Å². The lowest BCUT2D eigenvalue weighted by molar-refractivity contribution is -0.390. The monoisotopic (exact) mass is 886 g/mol. The zero-order chi connectivity index (χ0) is 44.5. The molecule has 18 heteroatoms. The minimum Gasteiger partial charge on any atom is -0.394 e. The summed E-state index contributed by atoms with van der Waals surface area (Å²) in [6.45, 7) is 9.48. The molecule has 5 heterocycles. The number of aliphatic hydroxyl groups excluding tert-OH is 8. The predicted molar refractivity (Wildman–Crippen MR) is 211 cm³/mol. The van der Waals surface area contributed by atoms with Crippen LogP contribution in [-0.4, -0.2) is 186 Å². The maximum Gasteiger partial charge on any atom is 0.187 e. The first-order chi connectivity index (χ1) is 29.2. The first kappa shape index (κ1) is 46.1. The maximum absolute atomic E-state index is 13.0. The normalized spacial score (nSPS) is 58.9. The third-order valence-corrected chi connectivity index (χ3v) is 17.7. The van der Waals surface area contributed by atoms with Crippen LogP contribution >= 0.6 is 0 Å². The van der Waals surface area contributed by atoms with Crippen molar-refractivity contribution in [2.75, 3.05) is 19.8 Å². The van der Waals surface area contributed by atoms with Gasteiger partial charge in [-0.25, -0.2) is 0 Å². The molecule has 5 aliphatic heterocycles. The van der Waals surface area contributed by atoms with Crippen molar-refractivity contribution in [1.29, 1.82) is 0 Å². The van der Waals surface area contributed by atoms with Crippen LogP contribution in [0.3, 0.4) is 0 Å². The van der Waals surface area contributed by atoms with Crippen molar-refractivity contribution in [3.63, 3.8) is 0 Å². The number of allylic oxidation sites excluding steroid dienone is 1. The highest BCUT2D eigenvalue weighted by Gasteiger charge is 2.81. The third-order valence-electron chi connectivity index (χ3n) is 17.7. The number of ether oxygens (including phenoxy) is 8. The van der Waals surface area contributed by atoms with Crippen LogP contribution in [0.5, 0.6) is 0 Å². The van der Waals surface area contributed by atoms with Crippen LogP contribution in [0.1, 0.15) is 92.4 Å². The second-order valence-corrected chi connectivity index (χ2v) is 20.9. The molecule has 10 N–H and O–H groups in total. The molecule has 0 aromatic rings. The molecule has 4 aliphatic carbocycles. The Morgan fingerprint density at radius 1 is 0.726 bits per heavy atom. The van der Waals surface area contributed by atoms with Crippen LogP contribution < -0.4 is 0 Å². The number of rotatable bonds is 7. The van der Waals surface area contributed by atoms with E-state index in [0.717, 1.165) is 18.4 Å². The second kappa shape index (κ2) is 16.4. The number of hydrogen-bond donors (Lipinski definition) is 10. The van der Waals surface area contributed by atoms with Gasteiger partial charge >= 0.3 is 0 Å². The summed E-state index contributed by atoms with van der Waals surface area (Å²) in [7, 11) is 0. The van der Waals surface area contributed by atoms with Gasteiger partial charge in [-0.05, 0) is 75.0 Å². The minimum absolute atomic E-state index is 0.109. The average molecular weight is 887 g/mol. The summed E-state index contributed by atoms with van der Waals surface area (Å²) >= 11 is 0. The van der Waals surface area contributed by atoms with E-state index in [1.165, 1.54) is 6.92 Å². The van der Waals surface area contributed by atoms with E-state index in [1.54, 1.807) is 0 Å². The highest BCUT2D eigenvalue weighted by molar-refractivity contribution is 5.33. The Balaban J connectivity index is 0.954. The summed E-state index contributed by atoms with van der Waals surface area (Å²) in [6, 6.07) is 0. The zero-order valence-electron chi connectivity index (χ0n) is 36.3. The van der Waals surface area contributed by atoms with E-state index >= 15 is 0 Å². The van der Waals surface area contributed by atoms with Crippen LogP contribution in [0, 0.1) is 34.5 Å². The lowest BCUT2D eigenvalue weighted by Gasteiger charge is -2.63. The van der Waals surface area contributed by atoms with Gasteiger partial charge in [0.25, 0.3) is 0 Å². The molecule has 3 saturated carbocycles. The molecule has 0 bridgehead atoms. The lowest BCUT2D eigenvalue weighted by atomic mass is 9.44. The Hall–Kier alpha value is -0.980. The smallest absolute Gasteiger partial charge is 0.187 e. The van der Waals surface area contributed by atoms with E-state index in [9.17, 15) is 51.1 Å². The van der Waals surface area contributed by atoms with E-state index in [1.807, 2.05) is 6.92 Å². The molecule has 25 atom stereocenters. The summed E-state index contributed by atoms with van der Waals surface area (Å²) in [5.74, 6) is -0.768. The molecule has 1 spiro atoms. The molecule has 8 fully saturated rings. The fourth-order valence-corrected chi connectivity index (χ4v) is 13.6. The van der Waals surface area contributed by atoms with Crippen LogP contribution in [0.25, 0.3) is 0 Å². The molecule has 0 aromatic heterocycles. The lowest BCUT2D eigenvalue weighted by Crippen LogP contribution is -2.67. The van der Waals surface area contributed by atoms with Gasteiger partial charge in [0.2, 0.25) is 0 Å². The first-order valence-corrected chi connectivity index (χ1v) is 22.9. The van der Waals surface area contributed by atoms with Gasteiger partial charge in [0.05, 0.1) is 43.7 Å². The zero-order valence-corrected chi connectivity index (χ0v) is 36.3. The van der Waals surface area contributed by atoms with E-state index < -0.39 is 134 Å². The highest BCUT2D eigenvalue weighted by atomic mass is 16.8. The molecule has 9 aliphatic rings. The van der Waals surface area contributed by atoms with Gasteiger partial charge in [0, 0.05) is 24.2 Å². The van der Waals surface area contributed by atoms with Crippen LogP contribution in [0.2, 0.25) is 0 Å². The molecular weight excluding hydrogens is 816 g/mol. The van der Waals surface area contributed by atoms with Crippen molar-refractivity contribution in [2.24, 2.45) is 34.5 Å². The molecule has 18 nitrogen and oxygen atoms in total. The molecule has 0 radical (unpaired) electrons. The Bertz CT molecular complexity index is 1660. The summed E-state index contributed by atoms with van der Waals surface area (Å²) in [4.78, 5) is 0. The summed E-state index contributed by atoms with van der Waals surface area (Å²) < 4.78 is 49.6. The standard InChI is InChI=1S/C44H70O18/c1-19-8-13-43(56-17-19)21(3)44(54)28(62-43)15-42(53)25-7-6-22-14-23(9-11-40(22,4)24(25)10-12-41(42,44)5)58-39-36(61-38-34(52)32(50)29(47)20(2)57-38)35(31(49)27(16-45)59-39)60-37-33(51)30(48)26(46)18-55-37/h6,19-21,23-39,45-54H,7-18H2,1-5H3. The van der Waals surface area contributed by atoms with Crippen molar-refractivity contribution in [1.82, 2.24) is 0 Å². The number of aliphatic hydroxyl groups is 10. The summed E-state index contributed by atoms with van der Waals surface area (Å²) in [6.07, 6.45) is -14.2. The first-order valence-electron chi connectivity index (χ1n) is 22.9. The Morgan fingerprint density at radius 2 is 1.45 bits per heavy atom. The fraction of sp³-hybridized carbons (Fsp3) is 0.955. The van der Waals surface area contributed by atoms with E-state index in [0.29, 0.717) is 57.5 Å². The van der Waals surface area contributed by atoms with Crippen LogP contribution in [0.15, 0.2) is 11.6 Å². The Kier molecular flexibility index (Phi) is 12.2. The van der Waals surface area contributed by atoms with Crippen molar-refractivity contribution in [3.05, 3.63) is 11.6 Å². The van der Waals surface area contributed by atoms with Crippen molar-refractivity contribution >= 4 is 0 Å². The van der Waals surface area contributed by atoms with Gasteiger partial charge in [-0.1, -0.05) is 39.3 Å². The van der Waals surface area contributed by atoms with Crippen molar-refractivity contribution in [3.8, 4) is 0 Å². The van der Waals surface area contributed by atoms with Crippen LogP contribution in [0.4, 0.5) is 0 Å². The Labute approximate surface area is 362 Å². The molecule has 0 aromatic carbocycles. The van der Waals surface area contributed by atoms with E-state index in [4.69, 9.17) is 37.9 Å². The van der Waals surface area contributed by atoms with E-state index in [2.05, 4.69) is 26.8 Å². The molecule has 5 saturated heterocycles. The van der Waals surface area contributed by atoms with Gasteiger partial charge in [-0.3, -0.25) is 0 Å². The van der Waals surface area contributed by atoms with E-state index in [-0.39, 0.29) is 23.2 Å². The highest BCUT2D eigenvalue weighted by Crippen LogP contribution is 2.73. The molecule has 9 rings (SSSR count). The predicted octanol–water partition coefficient (Wildman–Crippen LogP) is -0.917. The molecule has 62 heavy (non-hydrogen) atoms. The van der Waals surface area contributed by atoms with Gasteiger partial charge in [0.15, 0.2) is 24.7 Å². The van der Waals surface area contributed by atoms with Crippen molar-refractivity contribution < 1.29 is 89.0 Å². The topological polar surface area (TPSA) is 276 Å². The Morgan fingerprint density at radius 3 is 2.16 bits per heavy atom. The number of fused-ring (bicyclic) bond motifs is 7. The molecular formula is C44H70O18. The second-order valence-electron chi connectivity index (χ2n) is 20.9. The fourth-order valence-electron chi connectivity index (χ4n) is 13.6. The third kappa shape index (κ3) is 6.79. The average Bonchev–Trinajstić information content (AvgIpc) is 3.56. The SMILES string of the molecule is CC1CCC2(OC1)OC1CC3(O)C4CC=C5CC(OC6OC(CO)C(O)C(OC7OCC(O)C(O)C7O)C6OC6OC(C)C(O)C(O)C6O)CCC5(C)C4CCC3(C)C1(O)C2C. The molecule has 354 valence electrons. The quantitative estimate of drug-likeness (QED) is 0.139. The minimum atomic E-state index is -1.76. The molecule has 25 unspecified atom stereocenters. The largest absolute Gasteiger partial charge is 0.394 e. The van der Waals surface area contributed by atoms with Gasteiger partial charge in [0.1, 0.15) is 66.6 Å². The van der Waals surface area contributed by atoms with Gasteiger partial charge in [-0.15, -0.1) is 0 Å². The van der Waals surface area contributed by atoms with Gasteiger partial charge < -0.3 is 89.0 Å². The molecule has 0 amide bonds. The van der Waals surface area contributed by atoms with Crippen molar-refractivity contribution in [2.45, 2.75) is 208 Å². The number of hydrogen-bond acceptors (Lipinski definition) is 18. The summed E-state index contributed by atoms with van der Waals surface area (Å²) in [5, 5.41) is 111.